The zero-order chi connectivity index (χ0) is 13.8. The van der Waals surface area contributed by atoms with Gasteiger partial charge in [0.05, 0.1) is 5.56 Å². The van der Waals surface area contributed by atoms with Crippen molar-refractivity contribution in [1.29, 1.82) is 0 Å². The molecular formula is C14H13ClN2O2. The number of nitrogens with two attached hydrogens (primary N) is 1. The predicted octanol–water partition coefficient (Wildman–Crippen LogP) is 3.23. The molecule has 98 valence electrons. The fraction of sp³-hybridized carbons (Fsp3) is 0.0714. The standard InChI is InChI=1S/C14H13ClN2O2/c15-10-3-1-9(2-4-10)8-17-11-5-6-13(16)12(7-11)14(18)19/h1-7,17H,8,16H2,(H,18,19). The second-order valence-corrected chi connectivity index (χ2v) is 4.52. The van der Waals surface area contributed by atoms with Gasteiger partial charge >= 0.3 is 5.97 Å². The maximum absolute atomic E-state index is 11.0. The fourth-order valence-electron chi connectivity index (χ4n) is 1.66. The van der Waals surface area contributed by atoms with Crippen LogP contribution in [-0.4, -0.2) is 11.1 Å². The topological polar surface area (TPSA) is 75.3 Å². The van der Waals surface area contributed by atoms with Crippen LogP contribution in [0.2, 0.25) is 5.02 Å². The molecule has 2 rings (SSSR count). The Balaban J connectivity index is 2.09. The summed E-state index contributed by atoms with van der Waals surface area (Å²) in [5, 5.41) is 12.8. The number of nitrogens with one attached hydrogen (secondary N) is 1. The van der Waals surface area contributed by atoms with E-state index in [1.165, 1.54) is 6.07 Å². The summed E-state index contributed by atoms with van der Waals surface area (Å²) < 4.78 is 0. The van der Waals surface area contributed by atoms with E-state index < -0.39 is 5.97 Å². The third-order valence-electron chi connectivity index (χ3n) is 2.69. The first-order chi connectivity index (χ1) is 9.06. The maximum atomic E-state index is 11.0. The van der Waals surface area contributed by atoms with Gasteiger partial charge in [-0.25, -0.2) is 4.79 Å². The number of carbonyl (C=O) groups is 1. The Morgan fingerprint density at radius 2 is 1.89 bits per heavy atom. The van der Waals surface area contributed by atoms with E-state index in [0.717, 1.165) is 5.56 Å². The molecule has 0 spiro atoms. The van der Waals surface area contributed by atoms with Gasteiger partial charge in [0.1, 0.15) is 0 Å². The first-order valence-corrected chi connectivity index (χ1v) is 6.05. The van der Waals surface area contributed by atoms with Crippen molar-refractivity contribution in [2.75, 3.05) is 11.1 Å². The molecule has 2 aromatic carbocycles. The first-order valence-electron chi connectivity index (χ1n) is 5.67. The van der Waals surface area contributed by atoms with E-state index in [1.807, 2.05) is 24.3 Å². The van der Waals surface area contributed by atoms with Crippen molar-refractivity contribution in [2.45, 2.75) is 6.54 Å². The lowest BCUT2D eigenvalue weighted by molar-refractivity contribution is 0.0698. The van der Waals surface area contributed by atoms with Crippen LogP contribution in [0.3, 0.4) is 0 Å². The predicted molar refractivity (Wildman–Crippen MR) is 76.6 cm³/mol. The van der Waals surface area contributed by atoms with Crippen LogP contribution in [0, 0.1) is 0 Å². The van der Waals surface area contributed by atoms with Crippen LogP contribution < -0.4 is 11.1 Å². The molecule has 0 radical (unpaired) electrons. The lowest BCUT2D eigenvalue weighted by Gasteiger charge is -2.09. The Labute approximate surface area is 115 Å². The minimum absolute atomic E-state index is 0.0982. The van der Waals surface area contributed by atoms with E-state index in [0.29, 0.717) is 17.3 Å². The van der Waals surface area contributed by atoms with Gasteiger partial charge in [0.15, 0.2) is 0 Å². The van der Waals surface area contributed by atoms with Crippen molar-refractivity contribution in [1.82, 2.24) is 0 Å². The largest absolute Gasteiger partial charge is 0.478 e. The summed E-state index contributed by atoms with van der Waals surface area (Å²) in [5.74, 6) is -1.03. The smallest absolute Gasteiger partial charge is 0.337 e. The number of hydrogen-bond acceptors (Lipinski definition) is 3. The number of aromatic carboxylic acids is 1. The zero-order valence-electron chi connectivity index (χ0n) is 10.1. The Bertz CT molecular complexity index is 597. The van der Waals surface area contributed by atoms with Crippen LogP contribution in [0.4, 0.5) is 11.4 Å². The van der Waals surface area contributed by atoms with Crippen LogP contribution in [-0.2, 0) is 6.54 Å². The van der Waals surface area contributed by atoms with Crippen molar-refractivity contribution in [3.05, 3.63) is 58.6 Å². The highest BCUT2D eigenvalue weighted by atomic mass is 35.5. The first kappa shape index (κ1) is 13.2. The van der Waals surface area contributed by atoms with Crippen LogP contribution in [0.15, 0.2) is 42.5 Å². The number of hydrogen-bond donors (Lipinski definition) is 3. The normalized spacial score (nSPS) is 10.2. The van der Waals surface area contributed by atoms with Crippen molar-refractivity contribution >= 4 is 28.9 Å². The Morgan fingerprint density at radius 3 is 2.53 bits per heavy atom. The number of carboxylic acids is 1. The Morgan fingerprint density at radius 1 is 1.21 bits per heavy atom. The molecule has 4 nitrogen and oxygen atoms in total. The SMILES string of the molecule is Nc1ccc(NCc2ccc(Cl)cc2)cc1C(=O)O. The number of carboxylic acid groups (broad SMARTS) is 1. The number of anilines is 2. The highest BCUT2D eigenvalue weighted by Crippen LogP contribution is 2.19. The molecule has 2 aromatic rings. The molecule has 0 aliphatic heterocycles. The van der Waals surface area contributed by atoms with Gasteiger partial charge in [-0.05, 0) is 35.9 Å². The van der Waals surface area contributed by atoms with Gasteiger partial charge in [-0.15, -0.1) is 0 Å². The van der Waals surface area contributed by atoms with Crippen molar-refractivity contribution in [2.24, 2.45) is 0 Å². The van der Waals surface area contributed by atoms with E-state index in [9.17, 15) is 4.79 Å². The molecule has 19 heavy (non-hydrogen) atoms. The molecule has 0 amide bonds. The second kappa shape index (κ2) is 5.63. The molecule has 0 saturated carbocycles. The van der Waals surface area contributed by atoms with Crippen LogP contribution in [0.1, 0.15) is 15.9 Å². The number of benzene rings is 2. The molecule has 4 N–H and O–H groups in total. The van der Waals surface area contributed by atoms with E-state index in [2.05, 4.69) is 5.32 Å². The second-order valence-electron chi connectivity index (χ2n) is 4.09. The van der Waals surface area contributed by atoms with E-state index >= 15 is 0 Å². The number of halogens is 1. The van der Waals surface area contributed by atoms with Gasteiger partial charge in [-0.2, -0.15) is 0 Å². The van der Waals surface area contributed by atoms with Crippen molar-refractivity contribution in [3.63, 3.8) is 0 Å². The third kappa shape index (κ3) is 3.39. The summed E-state index contributed by atoms with van der Waals surface area (Å²) in [7, 11) is 0. The van der Waals surface area contributed by atoms with Crippen LogP contribution in [0.5, 0.6) is 0 Å². The van der Waals surface area contributed by atoms with E-state index in [1.54, 1.807) is 12.1 Å². The minimum atomic E-state index is -1.03. The van der Waals surface area contributed by atoms with E-state index in [4.69, 9.17) is 22.4 Å². The average molecular weight is 277 g/mol. The molecule has 0 aliphatic carbocycles. The molecule has 5 heteroatoms. The van der Waals surface area contributed by atoms with Crippen LogP contribution in [0.25, 0.3) is 0 Å². The molecule has 0 fully saturated rings. The van der Waals surface area contributed by atoms with Gasteiger partial charge in [0, 0.05) is 22.9 Å². The maximum Gasteiger partial charge on any atom is 0.337 e. The minimum Gasteiger partial charge on any atom is -0.478 e. The highest BCUT2D eigenvalue weighted by molar-refractivity contribution is 6.30. The summed E-state index contributed by atoms with van der Waals surface area (Å²) in [5.41, 5.74) is 7.71. The molecular weight excluding hydrogens is 264 g/mol. The monoisotopic (exact) mass is 276 g/mol. The average Bonchev–Trinajstić information content (AvgIpc) is 2.39. The van der Waals surface area contributed by atoms with Gasteiger partial charge in [-0.1, -0.05) is 23.7 Å². The zero-order valence-corrected chi connectivity index (χ0v) is 10.8. The molecule has 0 heterocycles. The summed E-state index contributed by atoms with van der Waals surface area (Å²) in [6, 6.07) is 12.3. The molecule has 0 aromatic heterocycles. The molecule has 0 atom stereocenters. The van der Waals surface area contributed by atoms with Crippen molar-refractivity contribution < 1.29 is 9.90 Å². The Kier molecular flexibility index (Phi) is 3.92. The summed E-state index contributed by atoms with van der Waals surface area (Å²) in [6.07, 6.45) is 0. The highest BCUT2D eigenvalue weighted by Gasteiger charge is 2.08. The van der Waals surface area contributed by atoms with E-state index in [-0.39, 0.29) is 11.3 Å². The fourth-order valence-corrected chi connectivity index (χ4v) is 1.78. The molecule has 0 bridgehead atoms. The summed E-state index contributed by atoms with van der Waals surface area (Å²) in [6.45, 7) is 0.583. The third-order valence-corrected chi connectivity index (χ3v) is 2.95. The summed E-state index contributed by atoms with van der Waals surface area (Å²) in [4.78, 5) is 11.0. The Hall–Kier alpha value is -2.20. The molecule has 0 aliphatic rings. The summed E-state index contributed by atoms with van der Waals surface area (Å²) >= 11 is 5.80. The molecule has 0 saturated heterocycles. The lowest BCUT2D eigenvalue weighted by atomic mass is 10.1. The van der Waals surface area contributed by atoms with Gasteiger partial charge in [-0.3, -0.25) is 0 Å². The van der Waals surface area contributed by atoms with Gasteiger partial charge < -0.3 is 16.2 Å². The molecule has 0 unspecified atom stereocenters. The lowest BCUT2D eigenvalue weighted by Crippen LogP contribution is -2.05. The number of nitrogen functional groups attached to an aromatic ring is 1. The van der Waals surface area contributed by atoms with Crippen molar-refractivity contribution in [3.8, 4) is 0 Å². The van der Waals surface area contributed by atoms with Crippen LogP contribution >= 0.6 is 11.6 Å². The van der Waals surface area contributed by atoms with Gasteiger partial charge in [0.2, 0.25) is 0 Å². The quantitative estimate of drug-likeness (QED) is 0.750. The number of rotatable bonds is 4. The van der Waals surface area contributed by atoms with Gasteiger partial charge in [0.25, 0.3) is 0 Å².